The highest BCUT2D eigenvalue weighted by atomic mass is 16.3. The van der Waals surface area contributed by atoms with Gasteiger partial charge < -0.3 is 15.1 Å². The van der Waals surface area contributed by atoms with Crippen molar-refractivity contribution in [3.8, 4) is 0 Å². The fraction of sp³-hybridized carbons (Fsp3) is 0.429. The molecule has 17 heavy (non-hydrogen) atoms. The Morgan fingerprint density at radius 3 is 3.18 bits per heavy atom. The fourth-order valence-electron chi connectivity index (χ4n) is 2.48. The standard InChI is InChI=1S/C14H18N2O/c1-2-6-14-13(5-1)11(10-17-14)8-15-9-12-4-3-7-16-12/h1-2,5-6,10,12,15-16H,3-4,7-9H2. The molecule has 1 aromatic heterocycles. The van der Waals surface area contributed by atoms with Crippen molar-refractivity contribution >= 4 is 11.0 Å². The van der Waals surface area contributed by atoms with Crippen molar-refractivity contribution in [1.29, 1.82) is 0 Å². The van der Waals surface area contributed by atoms with Crippen LogP contribution in [0, 0.1) is 0 Å². The number of rotatable bonds is 4. The van der Waals surface area contributed by atoms with Crippen LogP contribution in [0.25, 0.3) is 11.0 Å². The molecule has 1 atom stereocenters. The molecular weight excluding hydrogens is 212 g/mol. The fourth-order valence-corrected chi connectivity index (χ4v) is 2.48. The lowest BCUT2D eigenvalue weighted by atomic mass is 10.1. The van der Waals surface area contributed by atoms with Crippen LogP contribution in [0.5, 0.6) is 0 Å². The zero-order chi connectivity index (χ0) is 11.5. The van der Waals surface area contributed by atoms with Crippen LogP contribution in [-0.4, -0.2) is 19.1 Å². The summed E-state index contributed by atoms with van der Waals surface area (Å²) in [6, 6.07) is 8.83. The molecule has 1 fully saturated rings. The molecule has 0 bridgehead atoms. The number of furan rings is 1. The summed E-state index contributed by atoms with van der Waals surface area (Å²) >= 11 is 0. The topological polar surface area (TPSA) is 37.2 Å². The number of hydrogen-bond acceptors (Lipinski definition) is 3. The quantitative estimate of drug-likeness (QED) is 0.846. The lowest BCUT2D eigenvalue weighted by Crippen LogP contribution is -2.33. The molecule has 1 aromatic carbocycles. The lowest BCUT2D eigenvalue weighted by Gasteiger charge is -2.10. The molecular formula is C14H18N2O. The van der Waals surface area contributed by atoms with Crippen molar-refractivity contribution in [2.45, 2.75) is 25.4 Å². The highest BCUT2D eigenvalue weighted by molar-refractivity contribution is 5.80. The second kappa shape index (κ2) is 4.90. The van der Waals surface area contributed by atoms with Gasteiger partial charge in [0.05, 0.1) is 6.26 Å². The molecule has 2 N–H and O–H groups in total. The highest BCUT2D eigenvalue weighted by Gasteiger charge is 2.13. The Labute approximate surface area is 101 Å². The second-order valence-corrected chi connectivity index (χ2v) is 4.68. The Morgan fingerprint density at radius 2 is 2.29 bits per heavy atom. The SMILES string of the molecule is c1ccc2c(CNCC3CCCN3)coc2c1. The third-order valence-corrected chi connectivity index (χ3v) is 3.43. The van der Waals surface area contributed by atoms with Gasteiger partial charge in [-0.1, -0.05) is 18.2 Å². The van der Waals surface area contributed by atoms with Crippen molar-refractivity contribution in [3.63, 3.8) is 0 Å². The average Bonchev–Trinajstić information content (AvgIpc) is 2.99. The largest absolute Gasteiger partial charge is 0.464 e. The van der Waals surface area contributed by atoms with E-state index in [1.807, 2.05) is 18.4 Å². The smallest absolute Gasteiger partial charge is 0.134 e. The first kappa shape index (κ1) is 10.8. The first-order chi connectivity index (χ1) is 8.43. The maximum absolute atomic E-state index is 5.52. The number of para-hydroxylation sites is 1. The molecule has 1 aliphatic rings. The molecule has 90 valence electrons. The van der Waals surface area contributed by atoms with Crippen LogP contribution in [0.3, 0.4) is 0 Å². The molecule has 0 amide bonds. The van der Waals surface area contributed by atoms with Crippen LogP contribution in [0.4, 0.5) is 0 Å². The third kappa shape index (κ3) is 2.35. The van der Waals surface area contributed by atoms with E-state index in [2.05, 4.69) is 22.8 Å². The predicted octanol–water partition coefficient (Wildman–Crippen LogP) is 2.27. The highest BCUT2D eigenvalue weighted by Crippen LogP contribution is 2.20. The second-order valence-electron chi connectivity index (χ2n) is 4.68. The van der Waals surface area contributed by atoms with Crippen molar-refractivity contribution in [2.24, 2.45) is 0 Å². The van der Waals surface area contributed by atoms with E-state index in [1.54, 1.807) is 0 Å². The lowest BCUT2D eigenvalue weighted by molar-refractivity contribution is 0.532. The van der Waals surface area contributed by atoms with Gasteiger partial charge in [0.25, 0.3) is 0 Å². The van der Waals surface area contributed by atoms with Gasteiger partial charge in [-0.3, -0.25) is 0 Å². The molecule has 0 aliphatic carbocycles. The van der Waals surface area contributed by atoms with Gasteiger partial charge in [-0.15, -0.1) is 0 Å². The molecule has 1 aliphatic heterocycles. The van der Waals surface area contributed by atoms with Crippen molar-refractivity contribution in [3.05, 3.63) is 36.1 Å². The van der Waals surface area contributed by atoms with E-state index in [9.17, 15) is 0 Å². The molecule has 0 saturated carbocycles. The Bertz CT molecular complexity index is 486. The number of nitrogens with one attached hydrogen (secondary N) is 2. The molecule has 2 heterocycles. The molecule has 0 radical (unpaired) electrons. The Kier molecular flexibility index (Phi) is 3.12. The minimum Gasteiger partial charge on any atom is -0.464 e. The monoisotopic (exact) mass is 230 g/mol. The van der Waals surface area contributed by atoms with Crippen molar-refractivity contribution in [2.75, 3.05) is 13.1 Å². The van der Waals surface area contributed by atoms with E-state index in [0.717, 1.165) is 18.7 Å². The van der Waals surface area contributed by atoms with Crippen LogP contribution in [0.2, 0.25) is 0 Å². The van der Waals surface area contributed by atoms with E-state index in [-0.39, 0.29) is 0 Å². The summed E-state index contributed by atoms with van der Waals surface area (Å²) in [5.74, 6) is 0. The van der Waals surface area contributed by atoms with Gasteiger partial charge in [-0.05, 0) is 25.5 Å². The van der Waals surface area contributed by atoms with Gasteiger partial charge in [0, 0.05) is 30.1 Å². The maximum atomic E-state index is 5.52. The van der Waals surface area contributed by atoms with Crippen LogP contribution in [0.15, 0.2) is 34.9 Å². The summed E-state index contributed by atoms with van der Waals surface area (Å²) in [6.07, 6.45) is 4.46. The summed E-state index contributed by atoms with van der Waals surface area (Å²) in [6.45, 7) is 3.09. The summed E-state index contributed by atoms with van der Waals surface area (Å²) in [5.41, 5.74) is 2.22. The minimum atomic E-state index is 0.646. The first-order valence-corrected chi connectivity index (χ1v) is 6.33. The van der Waals surface area contributed by atoms with Crippen molar-refractivity contribution in [1.82, 2.24) is 10.6 Å². The molecule has 1 saturated heterocycles. The van der Waals surface area contributed by atoms with Gasteiger partial charge in [-0.2, -0.15) is 0 Å². The van der Waals surface area contributed by atoms with E-state index in [1.165, 1.54) is 30.3 Å². The number of fused-ring (bicyclic) bond motifs is 1. The van der Waals surface area contributed by atoms with Gasteiger partial charge in [0.15, 0.2) is 0 Å². The first-order valence-electron chi connectivity index (χ1n) is 6.33. The van der Waals surface area contributed by atoms with Gasteiger partial charge in [-0.25, -0.2) is 0 Å². The minimum absolute atomic E-state index is 0.646. The van der Waals surface area contributed by atoms with Crippen LogP contribution in [0.1, 0.15) is 18.4 Å². The zero-order valence-electron chi connectivity index (χ0n) is 9.91. The summed E-state index contributed by atoms with van der Waals surface area (Å²) in [4.78, 5) is 0. The Morgan fingerprint density at radius 1 is 1.35 bits per heavy atom. The summed E-state index contributed by atoms with van der Waals surface area (Å²) < 4.78 is 5.52. The zero-order valence-corrected chi connectivity index (χ0v) is 9.91. The van der Waals surface area contributed by atoms with Gasteiger partial charge >= 0.3 is 0 Å². The number of hydrogen-bond donors (Lipinski definition) is 2. The van der Waals surface area contributed by atoms with Crippen molar-refractivity contribution < 1.29 is 4.42 Å². The molecule has 3 heteroatoms. The van der Waals surface area contributed by atoms with E-state index < -0.39 is 0 Å². The summed E-state index contributed by atoms with van der Waals surface area (Å²) in [5, 5.41) is 8.21. The van der Waals surface area contributed by atoms with E-state index in [4.69, 9.17) is 4.42 Å². The Balaban J connectivity index is 1.60. The molecule has 3 nitrogen and oxygen atoms in total. The third-order valence-electron chi connectivity index (χ3n) is 3.43. The normalized spacial score (nSPS) is 20.1. The van der Waals surface area contributed by atoms with Crippen LogP contribution < -0.4 is 10.6 Å². The molecule has 2 aromatic rings. The number of benzene rings is 1. The van der Waals surface area contributed by atoms with Gasteiger partial charge in [0.1, 0.15) is 5.58 Å². The molecule has 1 unspecified atom stereocenters. The molecule has 3 rings (SSSR count). The summed E-state index contributed by atoms with van der Waals surface area (Å²) in [7, 11) is 0. The van der Waals surface area contributed by atoms with E-state index >= 15 is 0 Å². The van der Waals surface area contributed by atoms with Crippen LogP contribution in [-0.2, 0) is 6.54 Å². The predicted molar refractivity (Wildman–Crippen MR) is 68.9 cm³/mol. The van der Waals surface area contributed by atoms with Crippen LogP contribution >= 0.6 is 0 Å². The average molecular weight is 230 g/mol. The Hall–Kier alpha value is -1.32. The van der Waals surface area contributed by atoms with Gasteiger partial charge in [0.2, 0.25) is 0 Å². The molecule has 0 spiro atoms. The maximum Gasteiger partial charge on any atom is 0.134 e. The van der Waals surface area contributed by atoms with E-state index in [0.29, 0.717) is 6.04 Å².